The highest BCUT2D eigenvalue weighted by Crippen LogP contribution is 2.26. The Morgan fingerprint density at radius 2 is 2.08 bits per heavy atom. The summed E-state index contributed by atoms with van der Waals surface area (Å²) >= 11 is 0. The molecule has 7 heteroatoms. The van der Waals surface area contributed by atoms with Crippen LogP contribution in [0.25, 0.3) is 5.69 Å². The van der Waals surface area contributed by atoms with Gasteiger partial charge in [0.05, 0.1) is 18.5 Å². The number of para-hydroxylation sites is 1. The molecular formula is C17H19N3O4. The van der Waals surface area contributed by atoms with E-state index in [9.17, 15) is 14.7 Å². The van der Waals surface area contributed by atoms with Crippen molar-refractivity contribution in [3.63, 3.8) is 0 Å². The van der Waals surface area contributed by atoms with Gasteiger partial charge in [0.25, 0.3) is 5.91 Å². The Balaban J connectivity index is 1.95. The molecule has 1 aliphatic rings. The summed E-state index contributed by atoms with van der Waals surface area (Å²) in [5.74, 6) is -1.03. The van der Waals surface area contributed by atoms with E-state index in [0.29, 0.717) is 31.7 Å². The summed E-state index contributed by atoms with van der Waals surface area (Å²) in [6.45, 7) is 2.63. The van der Waals surface area contributed by atoms with Gasteiger partial charge in [-0.2, -0.15) is 5.10 Å². The fraction of sp³-hybridized carbons (Fsp3) is 0.353. The third-order valence-electron chi connectivity index (χ3n) is 4.00. The van der Waals surface area contributed by atoms with Crippen LogP contribution in [0.15, 0.2) is 36.5 Å². The minimum absolute atomic E-state index is 0.147. The molecule has 24 heavy (non-hydrogen) atoms. The van der Waals surface area contributed by atoms with E-state index in [1.165, 1.54) is 4.90 Å². The summed E-state index contributed by atoms with van der Waals surface area (Å²) in [6.07, 6.45) is 2.79. The number of nitrogens with zero attached hydrogens (tertiary/aromatic N) is 3. The van der Waals surface area contributed by atoms with E-state index in [2.05, 4.69) is 5.10 Å². The Morgan fingerprint density at radius 1 is 1.33 bits per heavy atom. The van der Waals surface area contributed by atoms with Gasteiger partial charge in [-0.3, -0.25) is 4.79 Å². The van der Waals surface area contributed by atoms with Crippen molar-refractivity contribution in [2.24, 2.45) is 0 Å². The molecule has 0 spiro atoms. The first-order valence-corrected chi connectivity index (χ1v) is 7.93. The highest BCUT2D eigenvalue weighted by atomic mass is 16.5. The molecule has 0 saturated carbocycles. The van der Waals surface area contributed by atoms with Crippen LogP contribution < -0.4 is 4.74 Å². The Morgan fingerprint density at radius 3 is 2.75 bits per heavy atom. The van der Waals surface area contributed by atoms with E-state index in [-0.39, 0.29) is 5.69 Å². The van der Waals surface area contributed by atoms with Crippen LogP contribution >= 0.6 is 0 Å². The molecule has 1 atom stereocenters. The molecule has 0 radical (unpaired) electrons. The number of aromatic nitrogens is 2. The maximum atomic E-state index is 12.8. The number of hydrogen-bond donors (Lipinski definition) is 1. The Bertz CT molecular complexity index is 742. The second-order valence-electron chi connectivity index (χ2n) is 5.55. The number of carbonyl (C=O) groups is 2. The van der Waals surface area contributed by atoms with Gasteiger partial charge in [-0.05, 0) is 31.9 Å². The van der Waals surface area contributed by atoms with Crippen LogP contribution in [0.4, 0.5) is 0 Å². The number of rotatable bonds is 5. The molecule has 1 fully saturated rings. The molecule has 1 saturated heterocycles. The number of benzene rings is 1. The number of carboxylic acid groups (broad SMARTS) is 1. The van der Waals surface area contributed by atoms with Gasteiger partial charge in [0.2, 0.25) is 0 Å². The van der Waals surface area contributed by atoms with Gasteiger partial charge in [-0.1, -0.05) is 18.2 Å². The largest absolute Gasteiger partial charge is 0.490 e. The zero-order valence-corrected chi connectivity index (χ0v) is 13.4. The zero-order chi connectivity index (χ0) is 17.1. The summed E-state index contributed by atoms with van der Waals surface area (Å²) in [4.78, 5) is 25.5. The number of carboxylic acids is 1. The van der Waals surface area contributed by atoms with Crippen molar-refractivity contribution < 1.29 is 19.4 Å². The number of likely N-dealkylation sites (tertiary alicyclic amines) is 1. The molecule has 0 aliphatic carbocycles. The maximum absolute atomic E-state index is 12.8. The molecule has 3 rings (SSSR count). The second-order valence-corrected chi connectivity index (χ2v) is 5.55. The molecule has 0 unspecified atom stereocenters. The zero-order valence-electron chi connectivity index (χ0n) is 13.4. The fourth-order valence-electron chi connectivity index (χ4n) is 2.88. The lowest BCUT2D eigenvalue weighted by atomic mass is 10.2. The van der Waals surface area contributed by atoms with Crippen molar-refractivity contribution in [3.05, 3.63) is 42.2 Å². The molecule has 1 amide bonds. The molecule has 2 heterocycles. The average Bonchev–Trinajstić information content (AvgIpc) is 3.23. The molecule has 0 bridgehead atoms. The van der Waals surface area contributed by atoms with Gasteiger partial charge < -0.3 is 14.7 Å². The molecule has 1 aromatic carbocycles. The Kier molecular flexibility index (Phi) is 4.50. The lowest BCUT2D eigenvalue weighted by Gasteiger charge is -2.20. The summed E-state index contributed by atoms with van der Waals surface area (Å²) in [5.41, 5.74) is 0.947. The predicted molar refractivity (Wildman–Crippen MR) is 86.4 cm³/mol. The van der Waals surface area contributed by atoms with E-state index in [0.717, 1.165) is 5.69 Å². The second kappa shape index (κ2) is 6.74. The van der Waals surface area contributed by atoms with Crippen LogP contribution in [0, 0.1) is 0 Å². The van der Waals surface area contributed by atoms with Crippen molar-refractivity contribution >= 4 is 11.9 Å². The molecular weight excluding hydrogens is 310 g/mol. The summed E-state index contributed by atoms with van der Waals surface area (Å²) in [6, 6.07) is 8.58. The average molecular weight is 329 g/mol. The Labute approximate surface area is 139 Å². The van der Waals surface area contributed by atoms with E-state index in [1.54, 1.807) is 10.9 Å². The maximum Gasteiger partial charge on any atom is 0.326 e. The van der Waals surface area contributed by atoms with Gasteiger partial charge in [0.1, 0.15) is 6.04 Å². The molecule has 7 nitrogen and oxygen atoms in total. The molecule has 1 aliphatic heterocycles. The molecule has 2 aromatic rings. The van der Waals surface area contributed by atoms with Gasteiger partial charge in [-0.25, -0.2) is 9.48 Å². The summed E-state index contributed by atoms with van der Waals surface area (Å²) in [5, 5.41) is 13.6. The smallest absolute Gasteiger partial charge is 0.326 e. The van der Waals surface area contributed by atoms with E-state index >= 15 is 0 Å². The standard InChI is InChI=1S/C17H19N3O4/c1-2-24-14-11-20(12-7-4-3-5-8-12)18-15(14)16(21)19-10-6-9-13(19)17(22)23/h3-5,7-8,11,13H,2,6,9-10H2,1H3,(H,22,23)/t13-/m0/s1. The van der Waals surface area contributed by atoms with Crippen LogP contribution in [0.3, 0.4) is 0 Å². The number of carbonyl (C=O) groups excluding carboxylic acids is 1. The monoisotopic (exact) mass is 329 g/mol. The van der Waals surface area contributed by atoms with Gasteiger partial charge in [0, 0.05) is 6.54 Å². The first kappa shape index (κ1) is 16.0. The Hall–Kier alpha value is -2.83. The highest BCUT2D eigenvalue weighted by molar-refractivity contribution is 5.97. The highest BCUT2D eigenvalue weighted by Gasteiger charge is 2.36. The number of amides is 1. The minimum atomic E-state index is -0.985. The van der Waals surface area contributed by atoms with Gasteiger partial charge >= 0.3 is 5.97 Å². The van der Waals surface area contributed by atoms with Crippen LogP contribution in [0.2, 0.25) is 0 Å². The number of hydrogen-bond acceptors (Lipinski definition) is 4. The van der Waals surface area contributed by atoms with Crippen molar-refractivity contribution in [1.82, 2.24) is 14.7 Å². The number of ether oxygens (including phenoxy) is 1. The van der Waals surface area contributed by atoms with Crippen molar-refractivity contribution in [2.45, 2.75) is 25.8 Å². The molecule has 126 valence electrons. The van der Waals surface area contributed by atoms with E-state index < -0.39 is 17.9 Å². The fourth-order valence-corrected chi connectivity index (χ4v) is 2.88. The van der Waals surface area contributed by atoms with Gasteiger partial charge in [-0.15, -0.1) is 0 Å². The first-order chi connectivity index (χ1) is 11.6. The van der Waals surface area contributed by atoms with Crippen molar-refractivity contribution in [1.29, 1.82) is 0 Å². The topological polar surface area (TPSA) is 84.7 Å². The lowest BCUT2D eigenvalue weighted by Crippen LogP contribution is -2.40. The first-order valence-electron chi connectivity index (χ1n) is 7.93. The number of aliphatic carboxylic acids is 1. The summed E-state index contributed by atoms with van der Waals surface area (Å²) < 4.78 is 7.11. The van der Waals surface area contributed by atoms with Gasteiger partial charge in [0.15, 0.2) is 11.4 Å². The molecule has 1 aromatic heterocycles. The van der Waals surface area contributed by atoms with Crippen molar-refractivity contribution in [2.75, 3.05) is 13.2 Å². The summed E-state index contributed by atoms with van der Waals surface area (Å²) in [7, 11) is 0. The van der Waals surface area contributed by atoms with E-state index in [4.69, 9.17) is 4.74 Å². The van der Waals surface area contributed by atoms with Crippen molar-refractivity contribution in [3.8, 4) is 11.4 Å². The minimum Gasteiger partial charge on any atom is -0.490 e. The van der Waals surface area contributed by atoms with Crippen LogP contribution in [-0.2, 0) is 4.79 Å². The third-order valence-corrected chi connectivity index (χ3v) is 4.00. The third kappa shape index (κ3) is 2.97. The molecule has 1 N–H and O–H groups in total. The van der Waals surface area contributed by atoms with Crippen LogP contribution in [0.1, 0.15) is 30.3 Å². The van der Waals surface area contributed by atoms with E-state index in [1.807, 2.05) is 37.3 Å². The lowest BCUT2D eigenvalue weighted by molar-refractivity contribution is -0.141. The quantitative estimate of drug-likeness (QED) is 0.906. The SMILES string of the molecule is CCOc1cn(-c2ccccc2)nc1C(=O)N1CCC[C@H]1C(=O)O. The van der Waals surface area contributed by atoms with Crippen LogP contribution in [0.5, 0.6) is 5.75 Å². The normalized spacial score (nSPS) is 17.0. The van der Waals surface area contributed by atoms with Crippen LogP contribution in [-0.4, -0.2) is 50.9 Å². The predicted octanol–water partition coefficient (Wildman–Crippen LogP) is 1.96.